The van der Waals surface area contributed by atoms with Gasteiger partial charge in [-0.1, -0.05) is 41.4 Å². The first-order valence-electron chi connectivity index (χ1n) is 10.7. The van der Waals surface area contributed by atoms with E-state index < -0.39 is 17.7 Å². The van der Waals surface area contributed by atoms with Gasteiger partial charge in [-0.15, -0.1) is 0 Å². The molecule has 3 aromatic rings. The Morgan fingerprint density at radius 2 is 1.65 bits per heavy atom. The number of carbonyl (C=O) groups excluding carboxylic acids is 2. The van der Waals surface area contributed by atoms with Crippen molar-refractivity contribution in [3.8, 4) is 5.75 Å². The van der Waals surface area contributed by atoms with Crippen LogP contribution in [0.3, 0.4) is 0 Å². The first-order valence-corrected chi connectivity index (χ1v) is 11.1. The molecule has 0 spiro atoms. The summed E-state index contributed by atoms with van der Waals surface area (Å²) in [6, 6.07) is 18.8. The Balaban J connectivity index is 1.93. The van der Waals surface area contributed by atoms with Crippen molar-refractivity contribution in [1.29, 1.82) is 0 Å². The number of ether oxygens (including phenoxy) is 1. The van der Waals surface area contributed by atoms with Gasteiger partial charge in [0.05, 0.1) is 23.7 Å². The van der Waals surface area contributed by atoms with E-state index in [-0.39, 0.29) is 11.3 Å². The number of amides is 1. The van der Waals surface area contributed by atoms with E-state index in [1.165, 1.54) is 12.0 Å². The maximum absolute atomic E-state index is 13.3. The quantitative estimate of drug-likeness (QED) is 0.305. The summed E-state index contributed by atoms with van der Waals surface area (Å²) in [6.45, 7) is 1.95. The predicted molar refractivity (Wildman–Crippen MR) is 135 cm³/mol. The summed E-state index contributed by atoms with van der Waals surface area (Å²) in [5, 5.41) is 11.6. The number of nitrogens with zero attached hydrogens (tertiary/aromatic N) is 2. The average molecular weight is 477 g/mol. The Morgan fingerprint density at radius 1 is 1.00 bits per heavy atom. The number of aliphatic hydroxyl groups excluding tert-OH is 1. The van der Waals surface area contributed by atoms with Gasteiger partial charge in [0, 0.05) is 31.0 Å². The molecule has 1 fully saturated rings. The normalized spacial score (nSPS) is 17.2. The maximum atomic E-state index is 13.3. The Labute approximate surface area is 203 Å². The molecule has 1 N–H and O–H groups in total. The Hall–Kier alpha value is -3.77. The Morgan fingerprint density at radius 3 is 2.24 bits per heavy atom. The minimum absolute atomic E-state index is 0.00699. The molecule has 7 heteroatoms. The summed E-state index contributed by atoms with van der Waals surface area (Å²) in [4.78, 5) is 29.9. The van der Waals surface area contributed by atoms with E-state index in [2.05, 4.69) is 0 Å². The monoisotopic (exact) mass is 476 g/mol. The van der Waals surface area contributed by atoms with Crippen molar-refractivity contribution < 1.29 is 19.4 Å². The summed E-state index contributed by atoms with van der Waals surface area (Å²) in [7, 11) is 5.33. The number of methoxy groups -OCH3 is 1. The fourth-order valence-corrected chi connectivity index (χ4v) is 4.23. The number of Topliss-reactive ketones (excluding diaryl/α,β-unsaturated/α-hetero) is 1. The SMILES string of the molecule is COc1cc(/C(O)=C2/C(=O)C(=O)N(c3ccc(C)cc3)C2c2ccc(N(C)C)cc2)ccc1Cl. The van der Waals surface area contributed by atoms with Crippen LogP contribution in [-0.4, -0.2) is 38.0 Å². The zero-order valence-electron chi connectivity index (χ0n) is 19.4. The minimum Gasteiger partial charge on any atom is -0.507 e. The second kappa shape index (κ2) is 9.23. The molecule has 0 aromatic heterocycles. The van der Waals surface area contributed by atoms with E-state index >= 15 is 0 Å². The topological polar surface area (TPSA) is 70.1 Å². The molecule has 6 nitrogen and oxygen atoms in total. The highest BCUT2D eigenvalue weighted by Crippen LogP contribution is 2.43. The molecule has 0 bridgehead atoms. The second-order valence-electron chi connectivity index (χ2n) is 8.34. The molecule has 1 atom stereocenters. The van der Waals surface area contributed by atoms with E-state index in [0.29, 0.717) is 27.6 Å². The molecule has 1 amide bonds. The summed E-state index contributed by atoms with van der Waals surface area (Å²) in [6.07, 6.45) is 0. The summed E-state index contributed by atoms with van der Waals surface area (Å²) in [5.41, 5.74) is 3.61. The zero-order chi connectivity index (χ0) is 24.6. The van der Waals surface area contributed by atoms with E-state index in [1.54, 1.807) is 30.3 Å². The van der Waals surface area contributed by atoms with Crippen LogP contribution in [0.5, 0.6) is 5.75 Å². The zero-order valence-corrected chi connectivity index (χ0v) is 20.1. The number of rotatable bonds is 5. The largest absolute Gasteiger partial charge is 0.507 e. The third kappa shape index (κ3) is 4.13. The van der Waals surface area contributed by atoms with Crippen molar-refractivity contribution in [2.24, 2.45) is 0 Å². The highest BCUT2D eigenvalue weighted by atomic mass is 35.5. The Kier molecular flexibility index (Phi) is 6.35. The summed E-state index contributed by atoms with van der Waals surface area (Å²) in [5.74, 6) is -1.39. The maximum Gasteiger partial charge on any atom is 0.300 e. The van der Waals surface area contributed by atoms with Crippen LogP contribution in [0.15, 0.2) is 72.3 Å². The molecule has 174 valence electrons. The average Bonchev–Trinajstić information content (AvgIpc) is 3.10. The molecule has 1 saturated heterocycles. The summed E-state index contributed by atoms with van der Waals surface area (Å²) >= 11 is 6.14. The standard InChI is InChI=1S/C27H25ClN2O4/c1-16-5-10-20(11-6-16)30-24(17-7-12-19(13-8-17)29(2)3)23(26(32)27(30)33)25(31)18-9-14-21(28)22(15-18)34-4/h5-15,24,31H,1-4H3/b25-23-. The fourth-order valence-electron chi connectivity index (χ4n) is 4.04. The first kappa shape index (κ1) is 23.4. The lowest BCUT2D eigenvalue weighted by Crippen LogP contribution is -2.29. The number of halogens is 1. The number of carbonyl (C=O) groups is 2. The first-order chi connectivity index (χ1) is 16.2. The number of ketones is 1. The highest BCUT2D eigenvalue weighted by molar-refractivity contribution is 6.51. The molecule has 1 unspecified atom stereocenters. The Bertz CT molecular complexity index is 1280. The molecule has 3 aromatic carbocycles. The summed E-state index contributed by atoms with van der Waals surface area (Å²) < 4.78 is 5.26. The lowest BCUT2D eigenvalue weighted by atomic mass is 9.94. The van der Waals surface area contributed by atoms with E-state index in [4.69, 9.17) is 16.3 Å². The fraction of sp³-hybridized carbons (Fsp3) is 0.185. The van der Waals surface area contributed by atoms with Crippen molar-refractivity contribution in [2.75, 3.05) is 31.0 Å². The second-order valence-corrected chi connectivity index (χ2v) is 8.75. The molecule has 1 aliphatic rings. The van der Waals surface area contributed by atoms with Gasteiger partial charge in [0.15, 0.2) is 0 Å². The molecule has 0 saturated carbocycles. The third-order valence-electron chi connectivity index (χ3n) is 5.91. The van der Waals surface area contributed by atoms with Crippen LogP contribution in [0.4, 0.5) is 11.4 Å². The van der Waals surface area contributed by atoms with Crippen LogP contribution in [-0.2, 0) is 9.59 Å². The predicted octanol–water partition coefficient (Wildman–Crippen LogP) is 5.35. The van der Waals surface area contributed by atoms with Crippen LogP contribution in [0.1, 0.15) is 22.7 Å². The molecule has 1 aliphatic heterocycles. The van der Waals surface area contributed by atoms with E-state index in [9.17, 15) is 14.7 Å². The minimum atomic E-state index is -0.805. The van der Waals surface area contributed by atoms with Gasteiger partial charge in [0.25, 0.3) is 11.7 Å². The number of hydrogen-bond acceptors (Lipinski definition) is 5. The third-order valence-corrected chi connectivity index (χ3v) is 6.22. The van der Waals surface area contributed by atoms with Crippen molar-refractivity contribution in [2.45, 2.75) is 13.0 Å². The number of benzene rings is 3. The molecule has 4 rings (SSSR count). The van der Waals surface area contributed by atoms with Crippen LogP contribution < -0.4 is 14.5 Å². The molecular weight excluding hydrogens is 452 g/mol. The lowest BCUT2D eigenvalue weighted by molar-refractivity contribution is -0.132. The number of hydrogen-bond donors (Lipinski definition) is 1. The number of aryl methyl sites for hydroxylation is 1. The van der Waals surface area contributed by atoms with Crippen molar-refractivity contribution in [3.63, 3.8) is 0 Å². The molecular formula is C27H25ClN2O4. The highest BCUT2D eigenvalue weighted by Gasteiger charge is 2.47. The van der Waals surface area contributed by atoms with Gasteiger partial charge < -0.3 is 14.7 Å². The molecule has 34 heavy (non-hydrogen) atoms. The van der Waals surface area contributed by atoms with E-state index in [1.807, 2.05) is 62.3 Å². The van der Waals surface area contributed by atoms with Crippen molar-refractivity contribution >= 4 is 40.4 Å². The van der Waals surface area contributed by atoms with Gasteiger partial charge in [0.2, 0.25) is 0 Å². The van der Waals surface area contributed by atoms with Crippen LogP contribution in [0.2, 0.25) is 5.02 Å². The molecule has 0 radical (unpaired) electrons. The van der Waals surface area contributed by atoms with E-state index in [0.717, 1.165) is 11.3 Å². The van der Waals surface area contributed by atoms with Gasteiger partial charge in [-0.2, -0.15) is 0 Å². The van der Waals surface area contributed by atoms with Gasteiger partial charge in [-0.3, -0.25) is 14.5 Å². The smallest absolute Gasteiger partial charge is 0.300 e. The number of aliphatic hydroxyl groups is 1. The van der Waals surface area contributed by atoms with Gasteiger partial charge in [-0.25, -0.2) is 0 Å². The van der Waals surface area contributed by atoms with Crippen molar-refractivity contribution in [3.05, 3.63) is 94.0 Å². The van der Waals surface area contributed by atoms with Gasteiger partial charge in [-0.05, 0) is 55.0 Å². The van der Waals surface area contributed by atoms with Crippen molar-refractivity contribution in [1.82, 2.24) is 0 Å². The lowest BCUT2D eigenvalue weighted by Gasteiger charge is -2.26. The van der Waals surface area contributed by atoms with Gasteiger partial charge >= 0.3 is 0 Å². The van der Waals surface area contributed by atoms with Gasteiger partial charge in [0.1, 0.15) is 11.5 Å². The van der Waals surface area contributed by atoms with Crippen LogP contribution >= 0.6 is 11.6 Å². The molecule has 1 heterocycles. The molecule has 0 aliphatic carbocycles. The number of anilines is 2. The van der Waals surface area contributed by atoms with Crippen LogP contribution in [0.25, 0.3) is 5.76 Å². The van der Waals surface area contributed by atoms with Crippen LogP contribution in [0, 0.1) is 6.92 Å².